The van der Waals surface area contributed by atoms with E-state index in [1.54, 1.807) is 4.68 Å². The highest BCUT2D eigenvalue weighted by Gasteiger charge is 2.23. The Balaban J connectivity index is 1.67. The van der Waals surface area contributed by atoms with Crippen LogP contribution in [-0.4, -0.2) is 21.8 Å². The van der Waals surface area contributed by atoms with E-state index in [9.17, 15) is 4.79 Å². The summed E-state index contributed by atoms with van der Waals surface area (Å²) in [6.07, 6.45) is 5.28. The quantitative estimate of drug-likeness (QED) is 0.809. The first-order chi connectivity index (χ1) is 12.0. The zero-order chi connectivity index (χ0) is 17.8. The summed E-state index contributed by atoms with van der Waals surface area (Å²) in [4.78, 5) is 11.1. The van der Waals surface area contributed by atoms with Crippen LogP contribution in [0.4, 0.5) is 0 Å². The minimum Gasteiger partial charge on any atom is -0.491 e. The van der Waals surface area contributed by atoms with Gasteiger partial charge in [-0.2, -0.15) is 5.10 Å². The number of carbonyl (C=O) groups excluding carboxylic acids is 1. The lowest BCUT2D eigenvalue weighted by Gasteiger charge is -2.22. The van der Waals surface area contributed by atoms with Crippen molar-refractivity contribution in [2.24, 2.45) is 5.73 Å². The van der Waals surface area contributed by atoms with E-state index >= 15 is 0 Å². The fraction of sp³-hybridized carbons (Fsp3) is 0.474. The summed E-state index contributed by atoms with van der Waals surface area (Å²) in [6, 6.07) is 8.36. The number of nitrogens with zero attached hydrogens (tertiary/aromatic N) is 2. The number of fused-ring (bicyclic) bond motifs is 1. The Morgan fingerprint density at radius 2 is 2.32 bits per heavy atom. The predicted molar refractivity (Wildman–Crippen MR) is 96.1 cm³/mol. The van der Waals surface area contributed by atoms with Crippen LogP contribution in [0.1, 0.15) is 49.6 Å². The summed E-state index contributed by atoms with van der Waals surface area (Å²) >= 11 is 0. The van der Waals surface area contributed by atoms with Crippen molar-refractivity contribution in [2.45, 2.75) is 58.3 Å². The van der Waals surface area contributed by atoms with Crippen LogP contribution in [0.2, 0.25) is 0 Å². The highest BCUT2D eigenvalue weighted by Crippen LogP contribution is 2.29. The molecular formula is C19H26N4O2. The molecule has 1 aliphatic carbocycles. The van der Waals surface area contributed by atoms with Crippen LogP contribution in [-0.2, 0) is 24.3 Å². The maximum Gasteiger partial charge on any atom is 0.239 e. The van der Waals surface area contributed by atoms with E-state index in [-0.39, 0.29) is 24.6 Å². The number of benzene rings is 1. The molecule has 0 spiro atoms. The molecule has 3 rings (SSSR count). The molecule has 0 fully saturated rings. The minimum absolute atomic E-state index is 0.133. The number of aromatic nitrogens is 2. The van der Waals surface area contributed by atoms with Crippen molar-refractivity contribution >= 4 is 5.91 Å². The van der Waals surface area contributed by atoms with Crippen molar-refractivity contribution in [3.8, 4) is 5.75 Å². The number of primary amides is 1. The molecule has 2 aromatic rings. The second-order valence-corrected chi connectivity index (χ2v) is 6.84. The van der Waals surface area contributed by atoms with Crippen LogP contribution >= 0.6 is 0 Å². The lowest BCUT2D eigenvalue weighted by atomic mass is 9.93. The van der Waals surface area contributed by atoms with Gasteiger partial charge in [0.05, 0.1) is 17.8 Å². The highest BCUT2D eigenvalue weighted by molar-refractivity contribution is 5.73. The molecule has 6 heteroatoms. The number of rotatable bonds is 7. The van der Waals surface area contributed by atoms with Gasteiger partial charge >= 0.3 is 0 Å². The zero-order valence-electron chi connectivity index (χ0n) is 14.9. The van der Waals surface area contributed by atoms with Gasteiger partial charge in [0.2, 0.25) is 5.91 Å². The van der Waals surface area contributed by atoms with E-state index in [0.29, 0.717) is 0 Å². The van der Waals surface area contributed by atoms with Crippen molar-refractivity contribution < 1.29 is 9.53 Å². The number of hydrogen-bond acceptors (Lipinski definition) is 4. The molecule has 0 saturated carbocycles. The molecule has 0 unspecified atom stereocenters. The monoisotopic (exact) mass is 342 g/mol. The third-order valence-corrected chi connectivity index (χ3v) is 4.28. The molecular weight excluding hydrogens is 316 g/mol. The summed E-state index contributed by atoms with van der Waals surface area (Å²) in [5.74, 6) is 0.524. The van der Waals surface area contributed by atoms with Gasteiger partial charge in [0.15, 0.2) is 0 Å². The van der Waals surface area contributed by atoms with Crippen molar-refractivity contribution in [3.63, 3.8) is 0 Å². The number of ether oxygens (including phenoxy) is 1. The summed E-state index contributed by atoms with van der Waals surface area (Å²) in [5.41, 5.74) is 8.71. The molecule has 134 valence electrons. The SMILES string of the molecule is CC(C)Oc1cccc(CN[C@H]2CCCc3cn(CC(N)=O)nc32)c1. The van der Waals surface area contributed by atoms with Crippen LogP contribution < -0.4 is 15.8 Å². The van der Waals surface area contributed by atoms with Gasteiger partial charge in [0.1, 0.15) is 12.3 Å². The summed E-state index contributed by atoms with van der Waals surface area (Å²) in [7, 11) is 0. The summed E-state index contributed by atoms with van der Waals surface area (Å²) in [5, 5.41) is 8.16. The fourth-order valence-electron chi connectivity index (χ4n) is 3.28. The molecule has 1 aliphatic rings. The van der Waals surface area contributed by atoms with E-state index in [0.717, 1.165) is 37.3 Å². The maximum absolute atomic E-state index is 11.1. The van der Waals surface area contributed by atoms with E-state index in [1.807, 2.05) is 32.2 Å². The number of nitrogens with two attached hydrogens (primary N) is 1. The summed E-state index contributed by atoms with van der Waals surface area (Å²) < 4.78 is 7.41. The van der Waals surface area contributed by atoms with E-state index in [4.69, 9.17) is 10.5 Å². The summed E-state index contributed by atoms with van der Waals surface area (Å²) in [6.45, 7) is 4.93. The molecule has 25 heavy (non-hydrogen) atoms. The van der Waals surface area contributed by atoms with Gasteiger partial charge in [0.25, 0.3) is 0 Å². The topological polar surface area (TPSA) is 82.2 Å². The van der Waals surface area contributed by atoms with E-state index < -0.39 is 0 Å². The molecule has 1 heterocycles. The van der Waals surface area contributed by atoms with Gasteiger partial charge in [-0.25, -0.2) is 0 Å². The predicted octanol–water partition coefficient (Wildman–Crippen LogP) is 2.32. The molecule has 1 aromatic carbocycles. The first-order valence-electron chi connectivity index (χ1n) is 8.85. The number of hydrogen-bond donors (Lipinski definition) is 2. The fourth-order valence-corrected chi connectivity index (χ4v) is 3.28. The Hall–Kier alpha value is -2.34. The number of carbonyl (C=O) groups is 1. The minimum atomic E-state index is -0.369. The molecule has 1 atom stereocenters. The number of nitrogens with one attached hydrogen (secondary N) is 1. The van der Waals surface area contributed by atoms with Crippen molar-refractivity contribution in [2.75, 3.05) is 0 Å². The lowest BCUT2D eigenvalue weighted by molar-refractivity contribution is -0.118. The molecule has 1 amide bonds. The van der Waals surface area contributed by atoms with Gasteiger partial charge in [-0.1, -0.05) is 12.1 Å². The maximum atomic E-state index is 11.1. The van der Waals surface area contributed by atoms with Gasteiger partial charge < -0.3 is 15.8 Å². The first-order valence-corrected chi connectivity index (χ1v) is 8.85. The molecule has 1 aromatic heterocycles. The zero-order valence-corrected chi connectivity index (χ0v) is 14.9. The van der Waals surface area contributed by atoms with Crippen molar-refractivity contribution in [1.82, 2.24) is 15.1 Å². The van der Waals surface area contributed by atoms with Crippen LogP contribution in [0.15, 0.2) is 30.5 Å². The Kier molecular flexibility index (Phi) is 5.38. The van der Waals surface area contributed by atoms with Crippen molar-refractivity contribution in [1.29, 1.82) is 0 Å². The Labute approximate surface area is 148 Å². The first kappa shape index (κ1) is 17.5. The Morgan fingerprint density at radius 1 is 1.48 bits per heavy atom. The average Bonchev–Trinajstić information content (AvgIpc) is 2.94. The van der Waals surface area contributed by atoms with Gasteiger partial charge in [-0.05, 0) is 56.4 Å². The largest absolute Gasteiger partial charge is 0.491 e. The molecule has 0 radical (unpaired) electrons. The Bertz CT molecular complexity index is 739. The third kappa shape index (κ3) is 4.60. The van der Waals surface area contributed by atoms with Gasteiger partial charge in [0, 0.05) is 12.7 Å². The Morgan fingerprint density at radius 3 is 3.08 bits per heavy atom. The number of amides is 1. The molecule has 3 N–H and O–H groups in total. The normalized spacial score (nSPS) is 16.7. The lowest BCUT2D eigenvalue weighted by Crippen LogP contribution is -2.25. The van der Waals surface area contributed by atoms with E-state index in [1.165, 1.54) is 11.1 Å². The number of aryl methyl sites for hydroxylation is 1. The van der Waals surface area contributed by atoms with Gasteiger partial charge in [-0.3, -0.25) is 9.48 Å². The second-order valence-electron chi connectivity index (χ2n) is 6.84. The molecule has 6 nitrogen and oxygen atoms in total. The van der Waals surface area contributed by atoms with Crippen LogP contribution in [0.25, 0.3) is 0 Å². The van der Waals surface area contributed by atoms with Crippen molar-refractivity contribution in [3.05, 3.63) is 47.3 Å². The molecule has 0 aliphatic heterocycles. The third-order valence-electron chi connectivity index (χ3n) is 4.28. The highest BCUT2D eigenvalue weighted by atomic mass is 16.5. The smallest absolute Gasteiger partial charge is 0.239 e. The molecule has 0 saturated heterocycles. The van der Waals surface area contributed by atoms with Crippen LogP contribution in [0.5, 0.6) is 5.75 Å². The van der Waals surface area contributed by atoms with Gasteiger partial charge in [-0.15, -0.1) is 0 Å². The second kappa shape index (κ2) is 7.70. The van der Waals surface area contributed by atoms with Crippen LogP contribution in [0.3, 0.4) is 0 Å². The standard InChI is InChI=1S/C19H26N4O2/c1-13(2)25-16-7-3-5-14(9-16)10-21-17-8-4-6-15-11-23(12-18(20)24)22-19(15)17/h3,5,7,9,11,13,17,21H,4,6,8,10,12H2,1-2H3,(H2,20,24)/t17-/m0/s1. The van der Waals surface area contributed by atoms with Crippen LogP contribution in [0, 0.1) is 0 Å². The average molecular weight is 342 g/mol. The molecule has 0 bridgehead atoms. The van der Waals surface area contributed by atoms with E-state index in [2.05, 4.69) is 22.5 Å².